The molecule has 0 spiro atoms. The number of halogens is 2. The predicted octanol–water partition coefficient (Wildman–Crippen LogP) is 3.20. The molecule has 0 aliphatic carbocycles. The highest BCUT2D eigenvalue weighted by Crippen LogP contribution is 2.25. The molecule has 5 heteroatoms. The van der Waals surface area contributed by atoms with Crippen molar-refractivity contribution in [2.24, 2.45) is 0 Å². The monoisotopic (exact) mass is 305 g/mol. The van der Waals surface area contributed by atoms with Crippen molar-refractivity contribution in [3.8, 4) is 0 Å². The Morgan fingerprint density at radius 2 is 2.31 bits per heavy atom. The van der Waals surface area contributed by atoms with Gasteiger partial charge in [-0.1, -0.05) is 11.6 Å². The molecule has 88 valence electrons. The molecule has 16 heavy (non-hydrogen) atoms. The number of carbonyl (C=O) groups is 1. The summed E-state index contributed by atoms with van der Waals surface area (Å²) in [5, 5.41) is 12.3. The van der Waals surface area contributed by atoms with Gasteiger partial charge in [-0.05, 0) is 47.5 Å². The summed E-state index contributed by atoms with van der Waals surface area (Å²) in [6, 6.07) is 5.20. The maximum atomic E-state index is 11.4. The molecular formula is C11H13BrClNO2. The van der Waals surface area contributed by atoms with Crippen LogP contribution in [0.4, 0.5) is 5.69 Å². The van der Waals surface area contributed by atoms with Gasteiger partial charge in [-0.25, -0.2) is 0 Å². The van der Waals surface area contributed by atoms with Crippen LogP contribution in [0.15, 0.2) is 22.7 Å². The van der Waals surface area contributed by atoms with Crippen LogP contribution in [0, 0.1) is 0 Å². The van der Waals surface area contributed by atoms with Crippen LogP contribution >= 0.6 is 27.5 Å². The molecule has 2 N–H and O–H groups in total. The van der Waals surface area contributed by atoms with Crippen LogP contribution in [0.3, 0.4) is 0 Å². The summed E-state index contributed by atoms with van der Waals surface area (Å²) in [5.41, 5.74) is 0.656. The van der Waals surface area contributed by atoms with Crippen LogP contribution in [-0.2, 0) is 4.79 Å². The molecule has 1 amide bonds. The normalized spacial score (nSPS) is 12.2. The highest BCUT2D eigenvalue weighted by Gasteiger charge is 2.06. The molecule has 1 aromatic carbocycles. The third kappa shape index (κ3) is 4.51. The number of nitrogens with one attached hydrogen (secondary N) is 1. The summed E-state index contributed by atoms with van der Waals surface area (Å²) in [4.78, 5) is 11.4. The van der Waals surface area contributed by atoms with Crippen molar-refractivity contribution in [2.45, 2.75) is 25.9 Å². The number of aliphatic hydroxyl groups excluding tert-OH is 1. The number of hydrogen-bond donors (Lipinski definition) is 2. The molecule has 0 saturated heterocycles. The van der Waals surface area contributed by atoms with Crippen molar-refractivity contribution in [1.29, 1.82) is 0 Å². The van der Waals surface area contributed by atoms with E-state index >= 15 is 0 Å². The fourth-order valence-corrected chi connectivity index (χ4v) is 1.56. The second-order valence-corrected chi connectivity index (χ2v) is 4.83. The lowest BCUT2D eigenvalue weighted by molar-refractivity contribution is -0.116. The molecule has 1 rings (SSSR count). The van der Waals surface area contributed by atoms with Crippen molar-refractivity contribution in [3.05, 3.63) is 27.7 Å². The van der Waals surface area contributed by atoms with Crippen molar-refractivity contribution >= 4 is 39.1 Å². The maximum absolute atomic E-state index is 11.4. The Labute approximate surface area is 108 Å². The van der Waals surface area contributed by atoms with Crippen LogP contribution in [0.1, 0.15) is 19.8 Å². The number of anilines is 1. The molecule has 1 unspecified atom stereocenters. The number of carbonyl (C=O) groups excluding carboxylic acids is 1. The molecular weight excluding hydrogens is 293 g/mol. The fraction of sp³-hybridized carbons (Fsp3) is 0.364. The molecule has 0 heterocycles. The van der Waals surface area contributed by atoms with Gasteiger partial charge in [-0.15, -0.1) is 0 Å². The van der Waals surface area contributed by atoms with E-state index in [0.717, 1.165) is 4.47 Å². The SMILES string of the molecule is CC(O)CCC(=O)Nc1ccc(Br)c(Cl)c1. The smallest absolute Gasteiger partial charge is 0.224 e. The number of aliphatic hydroxyl groups is 1. The van der Waals surface area contributed by atoms with Crippen LogP contribution in [0.5, 0.6) is 0 Å². The summed E-state index contributed by atoms with van der Waals surface area (Å²) < 4.78 is 0.788. The molecule has 0 aliphatic heterocycles. The van der Waals surface area contributed by atoms with Gasteiger partial charge in [0.15, 0.2) is 0 Å². The van der Waals surface area contributed by atoms with E-state index in [0.29, 0.717) is 23.6 Å². The molecule has 1 atom stereocenters. The number of benzene rings is 1. The highest BCUT2D eigenvalue weighted by molar-refractivity contribution is 9.10. The van der Waals surface area contributed by atoms with Gasteiger partial charge >= 0.3 is 0 Å². The zero-order chi connectivity index (χ0) is 12.1. The van der Waals surface area contributed by atoms with E-state index in [1.54, 1.807) is 25.1 Å². The van der Waals surface area contributed by atoms with Gasteiger partial charge in [-0.2, -0.15) is 0 Å². The molecule has 1 aromatic rings. The first-order valence-corrected chi connectivity index (χ1v) is 6.09. The van der Waals surface area contributed by atoms with Gasteiger partial charge in [0, 0.05) is 16.6 Å². The number of amides is 1. The first-order chi connectivity index (χ1) is 7.49. The van der Waals surface area contributed by atoms with Gasteiger partial charge < -0.3 is 10.4 Å². The lowest BCUT2D eigenvalue weighted by atomic mass is 10.2. The summed E-state index contributed by atoms with van der Waals surface area (Å²) >= 11 is 9.15. The highest BCUT2D eigenvalue weighted by atomic mass is 79.9. The zero-order valence-electron chi connectivity index (χ0n) is 8.84. The van der Waals surface area contributed by atoms with E-state index in [2.05, 4.69) is 21.2 Å². The zero-order valence-corrected chi connectivity index (χ0v) is 11.2. The van der Waals surface area contributed by atoms with Crippen LogP contribution in [0.25, 0.3) is 0 Å². The Morgan fingerprint density at radius 1 is 1.62 bits per heavy atom. The van der Waals surface area contributed by atoms with Crippen LogP contribution < -0.4 is 5.32 Å². The Balaban J connectivity index is 2.53. The third-order valence-corrected chi connectivity index (χ3v) is 3.23. The summed E-state index contributed by atoms with van der Waals surface area (Å²) in [6.07, 6.45) is 0.292. The number of hydrogen-bond acceptors (Lipinski definition) is 2. The van der Waals surface area contributed by atoms with Crippen molar-refractivity contribution in [3.63, 3.8) is 0 Å². The summed E-state index contributed by atoms with van der Waals surface area (Å²) in [7, 11) is 0. The van der Waals surface area contributed by atoms with E-state index < -0.39 is 6.10 Å². The average molecular weight is 307 g/mol. The minimum Gasteiger partial charge on any atom is -0.393 e. The predicted molar refractivity (Wildman–Crippen MR) is 68.7 cm³/mol. The van der Waals surface area contributed by atoms with Gasteiger partial charge in [0.2, 0.25) is 5.91 Å². The van der Waals surface area contributed by atoms with E-state index in [1.807, 2.05) is 0 Å². The Bertz CT molecular complexity index is 382. The van der Waals surface area contributed by atoms with Gasteiger partial charge in [0.25, 0.3) is 0 Å². The molecule has 0 aromatic heterocycles. The van der Waals surface area contributed by atoms with Gasteiger partial charge in [0.1, 0.15) is 0 Å². The van der Waals surface area contributed by atoms with Crippen LogP contribution in [-0.4, -0.2) is 17.1 Å². The maximum Gasteiger partial charge on any atom is 0.224 e. The number of rotatable bonds is 4. The fourth-order valence-electron chi connectivity index (χ4n) is 1.14. The molecule has 0 fully saturated rings. The summed E-state index contributed by atoms with van der Waals surface area (Å²) in [6.45, 7) is 1.66. The van der Waals surface area contributed by atoms with E-state index in [9.17, 15) is 4.79 Å². The minimum absolute atomic E-state index is 0.126. The first-order valence-electron chi connectivity index (χ1n) is 4.92. The second-order valence-electron chi connectivity index (χ2n) is 3.56. The molecule has 3 nitrogen and oxygen atoms in total. The Morgan fingerprint density at radius 3 is 2.88 bits per heavy atom. The molecule has 0 radical (unpaired) electrons. The van der Waals surface area contributed by atoms with Gasteiger partial charge in [0.05, 0.1) is 11.1 Å². The molecule has 0 bridgehead atoms. The lowest BCUT2D eigenvalue weighted by Crippen LogP contribution is -2.13. The second kappa shape index (κ2) is 6.23. The largest absolute Gasteiger partial charge is 0.393 e. The topological polar surface area (TPSA) is 49.3 Å². The van der Waals surface area contributed by atoms with Crippen molar-refractivity contribution < 1.29 is 9.90 Å². The van der Waals surface area contributed by atoms with Crippen LogP contribution in [0.2, 0.25) is 5.02 Å². The van der Waals surface area contributed by atoms with Gasteiger partial charge in [-0.3, -0.25) is 4.79 Å². The quantitative estimate of drug-likeness (QED) is 0.897. The van der Waals surface area contributed by atoms with E-state index in [-0.39, 0.29) is 5.91 Å². The molecule has 0 aliphatic rings. The Kier molecular flexibility index (Phi) is 5.25. The van der Waals surface area contributed by atoms with Crippen molar-refractivity contribution in [1.82, 2.24) is 0 Å². The van der Waals surface area contributed by atoms with Crippen molar-refractivity contribution in [2.75, 3.05) is 5.32 Å². The summed E-state index contributed by atoms with van der Waals surface area (Å²) in [5.74, 6) is -0.126. The lowest BCUT2D eigenvalue weighted by Gasteiger charge is -2.07. The standard InChI is InChI=1S/C11H13BrClNO2/c1-7(15)2-5-11(16)14-8-3-4-9(12)10(13)6-8/h3-4,6-7,15H,2,5H2,1H3,(H,14,16). The first kappa shape index (κ1) is 13.5. The van der Waals surface area contributed by atoms with E-state index in [1.165, 1.54) is 0 Å². The minimum atomic E-state index is -0.459. The molecule has 0 saturated carbocycles. The third-order valence-electron chi connectivity index (χ3n) is 1.99. The Hall–Kier alpha value is -0.580. The average Bonchev–Trinajstić information content (AvgIpc) is 2.21. The van der Waals surface area contributed by atoms with E-state index in [4.69, 9.17) is 16.7 Å².